The fourth-order valence-electron chi connectivity index (χ4n) is 4.62. The summed E-state index contributed by atoms with van der Waals surface area (Å²) in [4.78, 5) is 32.3. The van der Waals surface area contributed by atoms with E-state index in [4.69, 9.17) is 4.74 Å². The van der Waals surface area contributed by atoms with E-state index in [1.54, 1.807) is 12.4 Å². The third kappa shape index (κ3) is 2.56. The minimum absolute atomic E-state index is 0.129. The molecule has 31 heavy (non-hydrogen) atoms. The van der Waals surface area contributed by atoms with Crippen LogP contribution in [-0.4, -0.2) is 38.6 Å². The van der Waals surface area contributed by atoms with Crippen molar-refractivity contribution in [2.24, 2.45) is 7.05 Å². The molecule has 158 valence electrons. The number of rotatable bonds is 5. The molecule has 1 aliphatic heterocycles. The smallest absolute Gasteiger partial charge is 0.337 e. The highest BCUT2D eigenvalue weighted by Crippen LogP contribution is 2.50. The highest BCUT2D eigenvalue weighted by atomic mass is 16.5. The first-order valence-corrected chi connectivity index (χ1v) is 10.0. The molecular formula is C22H22N6O3. The maximum absolute atomic E-state index is 12.1. The lowest BCUT2D eigenvalue weighted by Gasteiger charge is -2.18. The largest absolute Gasteiger partial charge is 0.465 e. The van der Waals surface area contributed by atoms with Gasteiger partial charge in [-0.1, -0.05) is 0 Å². The third-order valence-electron chi connectivity index (χ3n) is 5.86. The predicted octanol–water partition coefficient (Wildman–Crippen LogP) is 3.26. The Labute approximate surface area is 178 Å². The normalized spacial score (nSPS) is 12.2. The summed E-state index contributed by atoms with van der Waals surface area (Å²) >= 11 is 0. The molecule has 2 N–H and O–H groups in total. The molecule has 1 aliphatic rings. The van der Waals surface area contributed by atoms with Crippen LogP contribution in [0.2, 0.25) is 0 Å². The van der Waals surface area contributed by atoms with Crippen molar-refractivity contribution >= 4 is 45.8 Å². The van der Waals surface area contributed by atoms with E-state index in [9.17, 15) is 9.59 Å². The van der Waals surface area contributed by atoms with Crippen LogP contribution < -0.4 is 10.6 Å². The van der Waals surface area contributed by atoms with Crippen molar-refractivity contribution in [3.05, 3.63) is 35.8 Å². The van der Waals surface area contributed by atoms with Gasteiger partial charge in [0.25, 0.3) is 0 Å². The number of hydrogen-bond acceptors (Lipinski definition) is 6. The first-order chi connectivity index (χ1) is 15.0. The monoisotopic (exact) mass is 418 g/mol. The van der Waals surface area contributed by atoms with Gasteiger partial charge in [-0.15, -0.1) is 0 Å². The molecule has 5 rings (SSSR count). The Morgan fingerprint density at radius 2 is 2.13 bits per heavy atom. The standard InChI is InChI=1S/C22H22N6O3/c1-11(2)28-15(8-23-10-29)16-17-20(24-9-25-21(17)28)26-18-13-6-5-12(22(30)31-4)7-14(13)27(3)19(16)18/h5-7,9-11H,8H2,1-4H3,(H,23,29)(H,24,25,26). The number of carbonyl (C=O) groups is 2. The predicted molar refractivity (Wildman–Crippen MR) is 117 cm³/mol. The molecule has 1 amide bonds. The number of nitrogens with one attached hydrogen (secondary N) is 2. The molecule has 4 aromatic rings. The molecule has 0 radical (unpaired) electrons. The Kier molecular flexibility index (Phi) is 4.21. The summed E-state index contributed by atoms with van der Waals surface area (Å²) in [6.45, 7) is 4.54. The van der Waals surface area contributed by atoms with E-state index >= 15 is 0 Å². The van der Waals surface area contributed by atoms with Gasteiger partial charge >= 0.3 is 5.97 Å². The summed E-state index contributed by atoms with van der Waals surface area (Å²) in [7, 11) is 3.34. The van der Waals surface area contributed by atoms with Crippen molar-refractivity contribution < 1.29 is 14.3 Å². The topological polar surface area (TPSA) is 103 Å². The van der Waals surface area contributed by atoms with E-state index in [2.05, 4.69) is 43.6 Å². The van der Waals surface area contributed by atoms with Gasteiger partial charge in [-0.2, -0.15) is 0 Å². The molecule has 1 aromatic carbocycles. The second-order valence-electron chi connectivity index (χ2n) is 7.84. The maximum Gasteiger partial charge on any atom is 0.337 e. The number of nitrogens with zero attached hydrogens (tertiary/aromatic N) is 4. The molecule has 0 fully saturated rings. The average molecular weight is 418 g/mol. The molecule has 0 saturated carbocycles. The number of ether oxygens (including phenoxy) is 1. The zero-order valence-electron chi connectivity index (χ0n) is 17.7. The number of benzene rings is 1. The van der Waals surface area contributed by atoms with Gasteiger partial charge < -0.3 is 24.5 Å². The quantitative estimate of drug-likeness (QED) is 0.335. The zero-order valence-corrected chi connectivity index (χ0v) is 17.7. The van der Waals surface area contributed by atoms with Crippen LogP contribution in [0.1, 0.15) is 35.9 Å². The number of methoxy groups -OCH3 is 1. The minimum Gasteiger partial charge on any atom is -0.465 e. The lowest BCUT2D eigenvalue weighted by atomic mass is 10.0. The van der Waals surface area contributed by atoms with E-state index in [-0.39, 0.29) is 12.0 Å². The van der Waals surface area contributed by atoms with Crippen LogP contribution in [0.25, 0.3) is 33.2 Å². The SMILES string of the molecule is COC(=O)c1ccc2c3c(n(C)c2c1)-c1c(CNC=O)n(C(C)C)c2ncnc(c12)N3. The van der Waals surface area contributed by atoms with Crippen LogP contribution in [0.5, 0.6) is 0 Å². The number of esters is 1. The van der Waals surface area contributed by atoms with Crippen LogP contribution in [0.4, 0.5) is 11.5 Å². The number of amides is 1. The van der Waals surface area contributed by atoms with Crippen molar-refractivity contribution in [2.45, 2.75) is 26.4 Å². The molecule has 9 heteroatoms. The summed E-state index contributed by atoms with van der Waals surface area (Å²) in [5.74, 6) is 0.344. The van der Waals surface area contributed by atoms with Gasteiger partial charge in [0.1, 0.15) is 17.8 Å². The van der Waals surface area contributed by atoms with Gasteiger partial charge in [-0.3, -0.25) is 4.79 Å². The number of fused-ring (bicyclic) bond motifs is 4. The van der Waals surface area contributed by atoms with Crippen LogP contribution in [0, 0.1) is 0 Å². The molecule has 0 bridgehead atoms. The van der Waals surface area contributed by atoms with Gasteiger partial charge in [0.2, 0.25) is 6.41 Å². The van der Waals surface area contributed by atoms with Crippen molar-refractivity contribution in [1.29, 1.82) is 0 Å². The Morgan fingerprint density at radius 3 is 2.84 bits per heavy atom. The minimum atomic E-state index is -0.382. The summed E-state index contributed by atoms with van der Waals surface area (Å²) in [6, 6.07) is 5.64. The fourth-order valence-corrected chi connectivity index (χ4v) is 4.62. The third-order valence-corrected chi connectivity index (χ3v) is 5.86. The van der Waals surface area contributed by atoms with Gasteiger partial charge in [0, 0.05) is 29.7 Å². The number of aromatic nitrogens is 4. The number of anilines is 2. The lowest BCUT2D eigenvalue weighted by Crippen LogP contribution is -2.16. The fraction of sp³-hybridized carbons (Fsp3) is 0.273. The van der Waals surface area contributed by atoms with E-state index in [0.717, 1.165) is 50.4 Å². The Bertz CT molecular complexity index is 1380. The summed E-state index contributed by atoms with van der Waals surface area (Å²) in [6.07, 6.45) is 2.25. The Hall–Kier alpha value is -3.88. The van der Waals surface area contributed by atoms with E-state index in [1.165, 1.54) is 7.11 Å². The van der Waals surface area contributed by atoms with E-state index in [1.807, 2.05) is 19.2 Å². The van der Waals surface area contributed by atoms with Crippen LogP contribution in [0.3, 0.4) is 0 Å². The maximum atomic E-state index is 12.1. The van der Waals surface area contributed by atoms with Gasteiger partial charge in [-0.25, -0.2) is 14.8 Å². The Morgan fingerprint density at radius 1 is 1.32 bits per heavy atom. The zero-order chi connectivity index (χ0) is 21.9. The Balaban J connectivity index is 1.89. The first kappa shape index (κ1) is 19.1. The van der Waals surface area contributed by atoms with Gasteiger partial charge in [0.05, 0.1) is 41.5 Å². The average Bonchev–Trinajstić information content (AvgIpc) is 3.25. The summed E-state index contributed by atoms with van der Waals surface area (Å²) in [5, 5.41) is 8.18. The van der Waals surface area contributed by atoms with E-state index < -0.39 is 0 Å². The number of hydrogen-bond donors (Lipinski definition) is 2. The highest BCUT2D eigenvalue weighted by molar-refractivity contribution is 6.16. The van der Waals surface area contributed by atoms with Crippen molar-refractivity contribution in [3.8, 4) is 11.3 Å². The highest BCUT2D eigenvalue weighted by Gasteiger charge is 2.32. The first-order valence-electron chi connectivity index (χ1n) is 10.0. The van der Waals surface area contributed by atoms with Crippen molar-refractivity contribution in [1.82, 2.24) is 24.4 Å². The van der Waals surface area contributed by atoms with Crippen molar-refractivity contribution in [2.75, 3.05) is 12.4 Å². The summed E-state index contributed by atoms with van der Waals surface area (Å²) < 4.78 is 9.09. The van der Waals surface area contributed by atoms with Crippen molar-refractivity contribution in [3.63, 3.8) is 0 Å². The number of carbonyl (C=O) groups excluding carboxylic acids is 2. The molecule has 0 saturated heterocycles. The molecule has 3 aromatic heterocycles. The van der Waals surface area contributed by atoms with Gasteiger partial charge in [0.15, 0.2) is 0 Å². The molecule has 0 aliphatic carbocycles. The molecule has 9 nitrogen and oxygen atoms in total. The molecule has 0 spiro atoms. The molecule has 4 heterocycles. The molecule has 0 atom stereocenters. The van der Waals surface area contributed by atoms with Crippen LogP contribution in [-0.2, 0) is 23.1 Å². The van der Waals surface area contributed by atoms with Gasteiger partial charge in [-0.05, 0) is 32.0 Å². The van der Waals surface area contributed by atoms with Crippen LogP contribution >= 0.6 is 0 Å². The lowest BCUT2D eigenvalue weighted by molar-refractivity contribution is -0.109. The molecular weight excluding hydrogens is 396 g/mol. The molecule has 0 unspecified atom stereocenters. The second kappa shape index (κ2) is 6.83. The second-order valence-corrected chi connectivity index (χ2v) is 7.84. The van der Waals surface area contributed by atoms with Crippen LogP contribution in [0.15, 0.2) is 24.5 Å². The summed E-state index contributed by atoms with van der Waals surface area (Å²) in [5.41, 5.74) is 6.01. The number of aryl methyl sites for hydroxylation is 1. The van der Waals surface area contributed by atoms with E-state index in [0.29, 0.717) is 18.5 Å².